The molecule has 0 unspecified atom stereocenters. The Morgan fingerprint density at radius 1 is 1.08 bits per heavy atom. The molecule has 188 valence electrons. The van der Waals surface area contributed by atoms with Gasteiger partial charge in [-0.1, -0.05) is 41.4 Å². The first-order chi connectivity index (χ1) is 17.4. The summed E-state index contributed by atoms with van der Waals surface area (Å²) in [6.07, 6.45) is 7.99. The number of benzene rings is 2. The maximum Gasteiger partial charge on any atom is 0.150 e. The van der Waals surface area contributed by atoms with E-state index in [0.29, 0.717) is 22.6 Å². The Bertz CT molecular complexity index is 1360. The molecule has 0 amide bonds. The molecular weight excluding hydrogens is 472 g/mol. The van der Waals surface area contributed by atoms with Crippen LogP contribution in [0.2, 0.25) is 5.02 Å². The first kappa shape index (κ1) is 24.6. The Hall–Kier alpha value is -3.06. The molecule has 2 aromatic carbocycles. The van der Waals surface area contributed by atoms with Gasteiger partial charge in [-0.3, -0.25) is 0 Å². The van der Waals surface area contributed by atoms with Gasteiger partial charge < -0.3 is 24.9 Å². The lowest BCUT2D eigenvalue weighted by Gasteiger charge is -2.38. The number of hydrogen-bond donors (Lipinski definition) is 2. The van der Waals surface area contributed by atoms with Gasteiger partial charge >= 0.3 is 0 Å². The summed E-state index contributed by atoms with van der Waals surface area (Å²) in [6, 6.07) is 17.2. The highest BCUT2D eigenvalue weighted by atomic mass is 35.5. The number of rotatable bonds is 7. The molecule has 0 bridgehead atoms. The third kappa shape index (κ3) is 4.81. The number of imidazole rings is 1. The zero-order valence-electron chi connectivity index (χ0n) is 21.1. The van der Waals surface area contributed by atoms with Gasteiger partial charge in [0.15, 0.2) is 5.75 Å². The fraction of sp³-hybridized carbons (Fsp3) is 0.345. The van der Waals surface area contributed by atoms with E-state index in [0.717, 1.165) is 54.7 Å². The zero-order valence-corrected chi connectivity index (χ0v) is 21.8. The molecule has 5 rings (SSSR count). The van der Waals surface area contributed by atoms with Crippen molar-refractivity contribution in [2.45, 2.75) is 50.7 Å². The van der Waals surface area contributed by atoms with E-state index >= 15 is 0 Å². The monoisotopic (exact) mass is 504 g/mol. The summed E-state index contributed by atoms with van der Waals surface area (Å²) < 4.78 is 12.9. The number of nitrogens with zero attached hydrogens (tertiary/aromatic N) is 2. The van der Waals surface area contributed by atoms with Crippen molar-refractivity contribution < 1.29 is 9.47 Å². The molecule has 2 aromatic heterocycles. The molecule has 6 nitrogen and oxygen atoms in total. The van der Waals surface area contributed by atoms with Crippen LogP contribution in [0.15, 0.2) is 60.9 Å². The van der Waals surface area contributed by atoms with E-state index in [4.69, 9.17) is 31.8 Å². The second-order valence-corrected chi connectivity index (χ2v) is 10.1. The number of ether oxygens (including phenoxy) is 2. The van der Waals surface area contributed by atoms with Gasteiger partial charge in [-0.15, -0.1) is 0 Å². The van der Waals surface area contributed by atoms with Crippen LogP contribution in [0.4, 0.5) is 0 Å². The molecule has 0 saturated heterocycles. The SMILES string of the molecule is COc1ccc(-c2cn3ccc(C4(N)CCC(NCc5ccc(C)cc5)CC4)cc3n2)c(OC)c1Cl. The number of halogens is 1. The summed E-state index contributed by atoms with van der Waals surface area (Å²) in [7, 11) is 3.19. The third-order valence-electron chi connectivity index (χ3n) is 7.39. The predicted molar refractivity (Wildman–Crippen MR) is 145 cm³/mol. The number of aryl methyl sites for hydroxylation is 1. The standard InChI is InChI=1S/C29H33ClN4O2/c1-19-4-6-20(7-5-19)17-32-22-10-13-29(31,14-11-22)21-12-15-34-18-24(33-26(34)16-21)23-8-9-25(35-2)27(30)28(23)36-3/h4-9,12,15-16,18,22,32H,10-11,13-14,17,31H2,1-3H3. The molecule has 0 atom stereocenters. The molecule has 2 heterocycles. The maximum absolute atomic E-state index is 6.96. The Kier molecular flexibility index (Phi) is 6.93. The van der Waals surface area contributed by atoms with Crippen LogP contribution in [0.3, 0.4) is 0 Å². The van der Waals surface area contributed by atoms with E-state index in [-0.39, 0.29) is 5.54 Å². The molecule has 0 spiro atoms. The Labute approximate surface area is 217 Å². The van der Waals surface area contributed by atoms with Crippen molar-refractivity contribution in [2.24, 2.45) is 5.73 Å². The van der Waals surface area contributed by atoms with Gasteiger partial charge in [0.2, 0.25) is 0 Å². The summed E-state index contributed by atoms with van der Waals surface area (Å²) in [5.41, 5.74) is 12.8. The van der Waals surface area contributed by atoms with E-state index in [1.807, 2.05) is 28.9 Å². The van der Waals surface area contributed by atoms with Crippen LogP contribution in [-0.2, 0) is 12.1 Å². The predicted octanol–water partition coefficient (Wildman–Crippen LogP) is 5.87. The maximum atomic E-state index is 6.96. The molecule has 0 radical (unpaired) electrons. The van der Waals surface area contributed by atoms with Crippen LogP contribution >= 0.6 is 11.6 Å². The second-order valence-electron chi connectivity index (χ2n) is 9.77. The summed E-state index contributed by atoms with van der Waals surface area (Å²) in [5.74, 6) is 1.11. The fourth-order valence-corrected chi connectivity index (χ4v) is 5.43. The number of hydrogen-bond acceptors (Lipinski definition) is 5. The van der Waals surface area contributed by atoms with Crippen molar-refractivity contribution in [1.82, 2.24) is 14.7 Å². The molecule has 36 heavy (non-hydrogen) atoms. The average molecular weight is 505 g/mol. The molecular formula is C29H33ClN4O2. The highest BCUT2D eigenvalue weighted by molar-refractivity contribution is 6.34. The van der Waals surface area contributed by atoms with Gasteiger partial charge in [0.1, 0.15) is 16.4 Å². The minimum absolute atomic E-state index is 0.350. The highest BCUT2D eigenvalue weighted by Crippen LogP contribution is 2.42. The Balaban J connectivity index is 1.31. The Morgan fingerprint density at radius 3 is 2.53 bits per heavy atom. The molecule has 7 heteroatoms. The number of fused-ring (bicyclic) bond motifs is 1. The molecule has 3 N–H and O–H groups in total. The lowest BCUT2D eigenvalue weighted by atomic mass is 9.76. The number of methoxy groups -OCH3 is 2. The first-order valence-electron chi connectivity index (χ1n) is 12.4. The van der Waals surface area contributed by atoms with Crippen LogP contribution in [0, 0.1) is 6.92 Å². The number of pyridine rings is 1. The van der Waals surface area contributed by atoms with Crippen LogP contribution in [-0.4, -0.2) is 29.6 Å². The van der Waals surface area contributed by atoms with E-state index in [1.54, 1.807) is 14.2 Å². The van der Waals surface area contributed by atoms with E-state index in [1.165, 1.54) is 11.1 Å². The summed E-state index contributed by atoms with van der Waals surface area (Å²) in [5, 5.41) is 4.15. The van der Waals surface area contributed by atoms with Gasteiger partial charge in [-0.2, -0.15) is 0 Å². The van der Waals surface area contributed by atoms with Crippen molar-refractivity contribution in [3.05, 3.63) is 82.6 Å². The molecule has 1 aliphatic rings. The summed E-state index contributed by atoms with van der Waals surface area (Å²) in [6.45, 7) is 3.01. The fourth-order valence-electron chi connectivity index (χ4n) is 5.11. The molecule has 1 aliphatic carbocycles. The smallest absolute Gasteiger partial charge is 0.150 e. The topological polar surface area (TPSA) is 73.8 Å². The number of nitrogens with one attached hydrogen (secondary N) is 1. The quantitative estimate of drug-likeness (QED) is 0.329. The van der Waals surface area contributed by atoms with Crippen molar-refractivity contribution >= 4 is 17.2 Å². The highest BCUT2D eigenvalue weighted by Gasteiger charge is 2.33. The van der Waals surface area contributed by atoms with Crippen LogP contribution < -0.4 is 20.5 Å². The molecule has 1 saturated carbocycles. The summed E-state index contributed by atoms with van der Waals surface area (Å²) >= 11 is 6.48. The second kappa shape index (κ2) is 10.1. The number of nitrogens with two attached hydrogens (primary N) is 1. The molecule has 1 fully saturated rings. The Morgan fingerprint density at radius 2 is 1.83 bits per heavy atom. The lowest BCUT2D eigenvalue weighted by Crippen LogP contribution is -2.45. The molecule has 0 aliphatic heterocycles. The van der Waals surface area contributed by atoms with Crippen LogP contribution in [0.1, 0.15) is 42.4 Å². The zero-order chi connectivity index (χ0) is 25.3. The van der Waals surface area contributed by atoms with E-state index < -0.39 is 0 Å². The van der Waals surface area contributed by atoms with E-state index in [9.17, 15) is 0 Å². The normalized spacial score (nSPS) is 20.0. The largest absolute Gasteiger partial charge is 0.495 e. The van der Waals surface area contributed by atoms with Crippen LogP contribution in [0.5, 0.6) is 11.5 Å². The average Bonchev–Trinajstić information content (AvgIpc) is 3.32. The number of aromatic nitrogens is 2. The third-order valence-corrected chi connectivity index (χ3v) is 7.75. The first-order valence-corrected chi connectivity index (χ1v) is 12.8. The summed E-state index contributed by atoms with van der Waals surface area (Å²) in [4.78, 5) is 4.87. The van der Waals surface area contributed by atoms with Crippen molar-refractivity contribution in [3.63, 3.8) is 0 Å². The minimum atomic E-state index is -0.350. The van der Waals surface area contributed by atoms with E-state index in [2.05, 4.69) is 48.6 Å². The lowest BCUT2D eigenvalue weighted by molar-refractivity contribution is 0.251. The van der Waals surface area contributed by atoms with Gasteiger partial charge in [0, 0.05) is 36.1 Å². The minimum Gasteiger partial charge on any atom is -0.495 e. The van der Waals surface area contributed by atoms with Crippen molar-refractivity contribution in [3.8, 4) is 22.8 Å². The van der Waals surface area contributed by atoms with Crippen molar-refractivity contribution in [2.75, 3.05) is 14.2 Å². The van der Waals surface area contributed by atoms with Gasteiger partial charge in [-0.25, -0.2) is 4.98 Å². The van der Waals surface area contributed by atoms with Gasteiger partial charge in [-0.05, 0) is 68.0 Å². The van der Waals surface area contributed by atoms with Gasteiger partial charge in [0.25, 0.3) is 0 Å². The molecule has 4 aromatic rings. The van der Waals surface area contributed by atoms with Crippen molar-refractivity contribution in [1.29, 1.82) is 0 Å². The van der Waals surface area contributed by atoms with Crippen LogP contribution in [0.25, 0.3) is 16.9 Å². The van der Waals surface area contributed by atoms with Gasteiger partial charge in [0.05, 0.1) is 19.9 Å².